The normalized spacial score (nSPS) is 20.3. The van der Waals surface area contributed by atoms with Crippen LogP contribution in [0, 0.1) is 5.92 Å². The molecule has 3 amide bonds. The minimum absolute atomic E-state index is 0.0819. The molecule has 1 aliphatic rings. The van der Waals surface area contributed by atoms with Gasteiger partial charge in [0.25, 0.3) is 6.43 Å². The van der Waals surface area contributed by atoms with Gasteiger partial charge < -0.3 is 11.1 Å². The van der Waals surface area contributed by atoms with Crippen LogP contribution in [-0.2, 0) is 11.2 Å². The van der Waals surface area contributed by atoms with E-state index in [1.165, 1.54) is 12.3 Å². The van der Waals surface area contributed by atoms with Crippen molar-refractivity contribution in [2.45, 2.75) is 31.9 Å². The van der Waals surface area contributed by atoms with Crippen LogP contribution in [0.25, 0.3) is 0 Å². The van der Waals surface area contributed by atoms with Gasteiger partial charge in [-0.15, -0.1) is 0 Å². The number of pyridine rings is 1. The highest BCUT2D eigenvalue weighted by molar-refractivity contribution is 6.01. The number of rotatable bonds is 5. The van der Waals surface area contributed by atoms with Gasteiger partial charge in [0.1, 0.15) is 11.9 Å². The fourth-order valence-corrected chi connectivity index (χ4v) is 3.26. The quantitative estimate of drug-likeness (QED) is 0.788. The van der Waals surface area contributed by atoms with E-state index in [0.717, 1.165) is 5.56 Å². The van der Waals surface area contributed by atoms with Crippen LogP contribution in [-0.4, -0.2) is 34.3 Å². The van der Waals surface area contributed by atoms with E-state index in [1.54, 1.807) is 13.0 Å². The Kier molecular flexibility index (Phi) is 5.34. The van der Waals surface area contributed by atoms with E-state index in [1.807, 2.05) is 30.3 Å². The van der Waals surface area contributed by atoms with Crippen molar-refractivity contribution in [3.05, 3.63) is 59.8 Å². The summed E-state index contributed by atoms with van der Waals surface area (Å²) in [6, 6.07) is 9.54. The number of imide groups is 1. The number of aromatic nitrogens is 1. The molecule has 142 valence electrons. The highest BCUT2D eigenvalue weighted by Gasteiger charge is 2.55. The first kappa shape index (κ1) is 18.8. The second-order valence-corrected chi connectivity index (χ2v) is 6.51. The Morgan fingerprint density at radius 2 is 2.00 bits per heavy atom. The summed E-state index contributed by atoms with van der Waals surface area (Å²) in [5.41, 5.74) is 7.03. The highest BCUT2D eigenvalue weighted by Crippen LogP contribution is 2.34. The van der Waals surface area contributed by atoms with Crippen LogP contribution in [0.5, 0.6) is 0 Å². The Labute approximate surface area is 155 Å². The smallest absolute Gasteiger partial charge is 0.325 e. The predicted molar refractivity (Wildman–Crippen MR) is 95.9 cm³/mol. The van der Waals surface area contributed by atoms with Gasteiger partial charge in [-0.2, -0.15) is 0 Å². The zero-order chi connectivity index (χ0) is 19.6. The minimum Gasteiger partial charge on any atom is -0.384 e. The number of nitrogens with zero attached hydrogens (tertiary/aromatic N) is 2. The molecule has 1 fully saturated rings. The fraction of sp³-hybridized carbons (Fsp3) is 0.316. The van der Waals surface area contributed by atoms with Gasteiger partial charge in [0, 0.05) is 6.20 Å². The van der Waals surface area contributed by atoms with Crippen LogP contribution < -0.4 is 11.1 Å². The van der Waals surface area contributed by atoms with Gasteiger partial charge in [-0.1, -0.05) is 30.3 Å². The van der Waals surface area contributed by atoms with E-state index >= 15 is 0 Å². The third-order valence-corrected chi connectivity index (χ3v) is 4.68. The first-order chi connectivity index (χ1) is 12.9. The van der Waals surface area contributed by atoms with Crippen LogP contribution in [0.2, 0.25) is 0 Å². The van der Waals surface area contributed by atoms with Crippen molar-refractivity contribution in [2.24, 2.45) is 5.92 Å². The number of halogens is 2. The fourth-order valence-electron chi connectivity index (χ4n) is 3.26. The molecule has 3 atom stereocenters. The minimum atomic E-state index is -2.83. The first-order valence-electron chi connectivity index (χ1n) is 8.55. The number of alkyl halides is 2. The second kappa shape index (κ2) is 7.69. The summed E-state index contributed by atoms with van der Waals surface area (Å²) in [6.07, 6.45) is -1.29. The van der Waals surface area contributed by atoms with Crippen molar-refractivity contribution in [2.75, 3.05) is 5.73 Å². The first-order valence-corrected chi connectivity index (χ1v) is 8.55. The number of anilines is 1. The Balaban J connectivity index is 1.70. The van der Waals surface area contributed by atoms with E-state index < -0.39 is 36.4 Å². The van der Waals surface area contributed by atoms with E-state index in [2.05, 4.69) is 10.3 Å². The molecule has 0 saturated carbocycles. The summed E-state index contributed by atoms with van der Waals surface area (Å²) in [6.45, 7) is 1.73. The summed E-state index contributed by atoms with van der Waals surface area (Å²) >= 11 is 0. The molecule has 1 aromatic carbocycles. The Morgan fingerprint density at radius 1 is 1.30 bits per heavy atom. The molecule has 3 rings (SSSR count). The molecule has 1 aromatic heterocycles. The molecule has 1 saturated heterocycles. The lowest BCUT2D eigenvalue weighted by molar-refractivity contribution is -0.159. The number of nitrogens with two attached hydrogens (primary N) is 1. The number of benzene rings is 1. The third-order valence-electron chi connectivity index (χ3n) is 4.68. The zero-order valence-corrected chi connectivity index (χ0v) is 14.7. The van der Waals surface area contributed by atoms with Crippen molar-refractivity contribution in [1.82, 2.24) is 15.2 Å². The number of carbonyl (C=O) groups is 2. The van der Waals surface area contributed by atoms with Crippen molar-refractivity contribution in [3.8, 4) is 0 Å². The molecular formula is C19H20F2N4O2. The van der Waals surface area contributed by atoms with E-state index in [-0.39, 0.29) is 12.2 Å². The largest absolute Gasteiger partial charge is 0.384 e. The molecular weight excluding hydrogens is 354 g/mol. The maximum atomic E-state index is 13.5. The number of likely N-dealkylation sites (tertiary alicyclic amines) is 1. The summed E-state index contributed by atoms with van der Waals surface area (Å²) < 4.78 is 27.1. The monoisotopic (exact) mass is 374 g/mol. The lowest BCUT2D eigenvalue weighted by Crippen LogP contribution is -2.68. The molecule has 1 aliphatic heterocycles. The molecule has 8 heteroatoms. The molecule has 3 N–H and O–H groups in total. The zero-order valence-electron chi connectivity index (χ0n) is 14.7. The van der Waals surface area contributed by atoms with Gasteiger partial charge >= 0.3 is 6.03 Å². The van der Waals surface area contributed by atoms with Crippen LogP contribution >= 0.6 is 0 Å². The average molecular weight is 374 g/mol. The molecule has 0 spiro atoms. The molecule has 27 heavy (non-hydrogen) atoms. The lowest BCUT2D eigenvalue weighted by Gasteiger charge is -2.45. The van der Waals surface area contributed by atoms with E-state index in [0.29, 0.717) is 10.5 Å². The van der Waals surface area contributed by atoms with Crippen molar-refractivity contribution >= 4 is 17.8 Å². The van der Waals surface area contributed by atoms with Gasteiger partial charge in [0.2, 0.25) is 5.91 Å². The number of amides is 3. The van der Waals surface area contributed by atoms with Crippen molar-refractivity contribution in [3.63, 3.8) is 0 Å². The molecule has 2 aromatic rings. The van der Waals surface area contributed by atoms with Gasteiger partial charge in [0.05, 0.1) is 12.0 Å². The van der Waals surface area contributed by atoms with E-state index in [9.17, 15) is 18.4 Å². The van der Waals surface area contributed by atoms with Gasteiger partial charge in [-0.05, 0) is 36.6 Å². The van der Waals surface area contributed by atoms with Crippen LogP contribution in [0.15, 0.2) is 48.7 Å². The molecule has 0 radical (unpaired) electrons. The highest BCUT2D eigenvalue weighted by atomic mass is 19.3. The summed E-state index contributed by atoms with van der Waals surface area (Å²) in [7, 11) is 0. The maximum absolute atomic E-state index is 13.5. The molecule has 2 heterocycles. The summed E-state index contributed by atoms with van der Waals surface area (Å²) in [5, 5.41) is 2.61. The summed E-state index contributed by atoms with van der Waals surface area (Å²) in [4.78, 5) is 29.3. The Bertz CT molecular complexity index is 831. The molecule has 3 unspecified atom stereocenters. The molecule has 0 aliphatic carbocycles. The summed E-state index contributed by atoms with van der Waals surface area (Å²) in [5.74, 6) is -1.34. The standard InChI is InChI=1S/C19H20F2N4O2/c1-11(13-5-3-2-4-6-13)24-19(27)25-16(17(20)21)14(18(25)26)9-12-7-8-23-15(22)10-12/h2-8,10-11,14,16-17H,9H2,1H3,(H2,22,23)(H,24,27). The number of urea groups is 1. The number of hydrogen-bond acceptors (Lipinski definition) is 4. The Hall–Kier alpha value is -3.03. The lowest BCUT2D eigenvalue weighted by atomic mass is 9.83. The topological polar surface area (TPSA) is 88.3 Å². The number of hydrogen-bond donors (Lipinski definition) is 2. The van der Waals surface area contributed by atoms with E-state index in [4.69, 9.17) is 5.73 Å². The number of β-lactam (4-membered cyclic amide) rings is 1. The maximum Gasteiger partial charge on any atom is 0.325 e. The second-order valence-electron chi connectivity index (χ2n) is 6.51. The Morgan fingerprint density at radius 3 is 2.63 bits per heavy atom. The van der Waals surface area contributed by atoms with Gasteiger partial charge in [-0.3, -0.25) is 9.69 Å². The van der Waals surface area contributed by atoms with Crippen molar-refractivity contribution < 1.29 is 18.4 Å². The predicted octanol–water partition coefficient (Wildman–Crippen LogP) is 2.77. The third kappa shape index (κ3) is 3.89. The number of carbonyl (C=O) groups excluding carboxylic acids is 2. The van der Waals surface area contributed by atoms with Gasteiger partial charge in [0.15, 0.2) is 0 Å². The van der Waals surface area contributed by atoms with Crippen LogP contribution in [0.3, 0.4) is 0 Å². The molecule has 6 nitrogen and oxygen atoms in total. The van der Waals surface area contributed by atoms with Gasteiger partial charge in [-0.25, -0.2) is 18.6 Å². The van der Waals surface area contributed by atoms with Crippen LogP contribution in [0.4, 0.5) is 19.4 Å². The number of nitrogens with one attached hydrogen (secondary N) is 1. The molecule has 0 bridgehead atoms. The average Bonchev–Trinajstić information content (AvgIpc) is 2.64. The van der Waals surface area contributed by atoms with Crippen molar-refractivity contribution in [1.29, 1.82) is 0 Å². The van der Waals surface area contributed by atoms with Crippen LogP contribution in [0.1, 0.15) is 24.1 Å². The SMILES string of the molecule is CC(NC(=O)N1C(=O)C(Cc2ccnc(N)c2)C1C(F)F)c1ccccc1. The number of nitrogen functional groups attached to an aromatic ring is 1.